The van der Waals surface area contributed by atoms with Gasteiger partial charge in [0.15, 0.2) is 0 Å². The fourth-order valence-corrected chi connectivity index (χ4v) is 2.51. The molecule has 1 aliphatic rings. The van der Waals surface area contributed by atoms with Crippen molar-refractivity contribution in [3.63, 3.8) is 0 Å². The van der Waals surface area contributed by atoms with Crippen LogP contribution in [0, 0.1) is 55.9 Å². The standard InChI is InChI=1S/C11H21N2O3.Ac/c1-2-3-4-7(12)9-8(13)5-6(10(9)14)11(15)16;/h6-10,12,14H,2-5,13H2,1H3,(H,15,16);/q-1;. The van der Waals surface area contributed by atoms with Crippen LogP contribution >= 0.6 is 0 Å². The minimum atomic E-state index is -1.01. The average molecular weight is 456 g/mol. The molecule has 17 heavy (non-hydrogen) atoms. The number of hydrogen-bond donors (Lipinski definition) is 3. The number of hydrogen-bond acceptors (Lipinski definition) is 3. The maximum atomic E-state index is 10.9. The molecule has 5 unspecified atom stereocenters. The molecule has 1 saturated carbocycles. The molecular weight excluding hydrogens is 435 g/mol. The molecule has 1 rings (SSSR count). The number of aliphatic hydroxyl groups excluding tert-OH is 1. The van der Waals surface area contributed by atoms with Gasteiger partial charge in [0, 0.05) is 50.1 Å². The number of rotatable bonds is 5. The van der Waals surface area contributed by atoms with Crippen LogP contribution in [0.4, 0.5) is 0 Å². The molecule has 5 nitrogen and oxygen atoms in total. The molecule has 0 spiro atoms. The molecule has 1 fully saturated rings. The molecule has 0 aromatic heterocycles. The third kappa shape index (κ3) is 4.43. The van der Waals surface area contributed by atoms with Crippen LogP contribution in [-0.2, 0) is 4.79 Å². The number of nitrogens with one attached hydrogen (secondary N) is 1. The Hall–Kier alpha value is 0.792. The van der Waals surface area contributed by atoms with Gasteiger partial charge in [-0.2, -0.15) is 0 Å². The summed E-state index contributed by atoms with van der Waals surface area (Å²) in [7, 11) is 0. The van der Waals surface area contributed by atoms with E-state index in [4.69, 9.17) is 16.6 Å². The number of unbranched alkanes of at least 4 members (excludes halogenated alkanes) is 1. The molecule has 1 aliphatic carbocycles. The van der Waals surface area contributed by atoms with Crippen LogP contribution < -0.4 is 5.73 Å². The third-order valence-electron chi connectivity index (χ3n) is 3.48. The van der Waals surface area contributed by atoms with E-state index in [2.05, 4.69) is 0 Å². The molecule has 0 aliphatic heterocycles. The molecule has 97 valence electrons. The Morgan fingerprint density at radius 1 is 1.59 bits per heavy atom. The number of carboxylic acid groups (broad SMARTS) is 1. The van der Waals surface area contributed by atoms with Gasteiger partial charge in [-0.25, -0.2) is 0 Å². The van der Waals surface area contributed by atoms with E-state index >= 15 is 0 Å². The normalized spacial score (nSPS) is 34.1. The number of nitrogens with two attached hydrogens (primary N) is 1. The van der Waals surface area contributed by atoms with Crippen LogP contribution in [0.25, 0.3) is 5.73 Å². The van der Waals surface area contributed by atoms with Crippen LogP contribution in [-0.4, -0.2) is 34.4 Å². The number of carboxylic acids is 1. The van der Waals surface area contributed by atoms with Crippen molar-refractivity contribution in [2.45, 2.75) is 50.8 Å². The fourth-order valence-electron chi connectivity index (χ4n) is 2.51. The van der Waals surface area contributed by atoms with Gasteiger partial charge in [0.05, 0.1) is 12.0 Å². The monoisotopic (exact) mass is 456 g/mol. The van der Waals surface area contributed by atoms with Crippen molar-refractivity contribution >= 4 is 5.97 Å². The van der Waals surface area contributed by atoms with Crippen LogP contribution in [0.3, 0.4) is 0 Å². The topological polar surface area (TPSA) is 107 Å². The van der Waals surface area contributed by atoms with Crippen molar-refractivity contribution in [2.75, 3.05) is 0 Å². The van der Waals surface area contributed by atoms with Crippen LogP contribution in [0.2, 0.25) is 0 Å². The van der Waals surface area contributed by atoms with Crippen molar-refractivity contribution in [2.24, 2.45) is 17.6 Å². The van der Waals surface area contributed by atoms with E-state index in [0.717, 1.165) is 12.8 Å². The molecular formula is C11H21AcN2O3-. The zero-order valence-electron chi connectivity index (χ0n) is 10.2. The van der Waals surface area contributed by atoms with E-state index in [-0.39, 0.29) is 56.5 Å². The van der Waals surface area contributed by atoms with Gasteiger partial charge in [0.1, 0.15) is 0 Å². The van der Waals surface area contributed by atoms with Crippen molar-refractivity contribution in [3.8, 4) is 0 Å². The van der Waals surface area contributed by atoms with Gasteiger partial charge in [0.25, 0.3) is 0 Å². The summed E-state index contributed by atoms with van der Waals surface area (Å²) in [6.07, 6.45) is 1.91. The Balaban J connectivity index is 0.00000256. The first-order chi connectivity index (χ1) is 7.49. The molecule has 0 aromatic carbocycles. The van der Waals surface area contributed by atoms with E-state index < -0.39 is 30.0 Å². The van der Waals surface area contributed by atoms with Gasteiger partial charge >= 0.3 is 5.97 Å². The molecule has 6 heteroatoms. The number of aliphatic carboxylic acids is 1. The second-order valence-electron chi connectivity index (χ2n) is 4.66. The largest absolute Gasteiger partial charge is 0.674 e. The third-order valence-corrected chi connectivity index (χ3v) is 3.48. The van der Waals surface area contributed by atoms with Crippen molar-refractivity contribution < 1.29 is 59.1 Å². The summed E-state index contributed by atoms with van der Waals surface area (Å²) in [5, 5.41) is 18.8. The predicted molar refractivity (Wildman–Crippen MR) is 60.8 cm³/mol. The molecule has 0 aromatic rings. The fraction of sp³-hybridized carbons (Fsp3) is 0.909. The number of aliphatic hydroxyl groups is 1. The van der Waals surface area contributed by atoms with Crippen LogP contribution in [0.5, 0.6) is 0 Å². The Labute approximate surface area is 138 Å². The first-order valence-corrected chi connectivity index (χ1v) is 5.86. The Kier molecular flexibility index (Phi) is 8.44. The van der Waals surface area contributed by atoms with Gasteiger partial charge in [-0.1, -0.05) is 26.2 Å². The average Bonchev–Trinajstić information content (AvgIpc) is 2.51. The van der Waals surface area contributed by atoms with E-state index in [0.29, 0.717) is 6.42 Å². The van der Waals surface area contributed by atoms with E-state index in [1.165, 1.54) is 0 Å². The predicted octanol–water partition coefficient (Wildman–Crippen LogP) is 1.01. The second kappa shape index (κ2) is 8.06. The molecule has 5 N–H and O–H groups in total. The van der Waals surface area contributed by atoms with Gasteiger partial charge in [-0.3, -0.25) is 4.79 Å². The number of carbonyl (C=O) groups is 1. The smallest absolute Gasteiger partial charge is 0.309 e. The van der Waals surface area contributed by atoms with Crippen LogP contribution in [0.1, 0.15) is 32.6 Å². The summed E-state index contributed by atoms with van der Waals surface area (Å²) in [6.45, 7) is 2.04. The Morgan fingerprint density at radius 2 is 2.18 bits per heavy atom. The summed E-state index contributed by atoms with van der Waals surface area (Å²) < 4.78 is 0. The van der Waals surface area contributed by atoms with Crippen molar-refractivity contribution in [1.82, 2.24) is 0 Å². The zero-order chi connectivity index (χ0) is 12.3. The zero-order valence-corrected chi connectivity index (χ0v) is 14.9. The summed E-state index contributed by atoms with van der Waals surface area (Å²) in [4.78, 5) is 10.9. The molecule has 1 radical (unpaired) electrons. The summed E-state index contributed by atoms with van der Waals surface area (Å²) in [6, 6.07) is -0.815. The summed E-state index contributed by atoms with van der Waals surface area (Å²) in [5.41, 5.74) is 13.8. The van der Waals surface area contributed by atoms with E-state index in [1.54, 1.807) is 0 Å². The van der Waals surface area contributed by atoms with E-state index in [1.807, 2.05) is 6.92 Å². The van der Waals surface area contributed by atoms with Gasteiger partial charge in [-0.15, -0.1) is 6.04 Å². The Bertz CT molecular complexity index is 253. The first kappa shape index (κ1) is 17.8. The van der Waals surface area contributed by atoms with Gasteiger partial charge in [-0.05, 0) is 12.3 Å². The Morgan fingerprint density at radius 3 is 2.59 bits per heavy atom. The quantitative estimate of drug-likeness (QED) is 0.574. The maximum Gasteiger partial charge on any atom is 0.309 e. The first-order valence-electron chi connectivity index (χ1n) is 5.86. The minimum Gasteiger partial charge on any atom is -0.674 e. The van der Waals surface area contributed by atoms with Gasteiger partial charge < -0.3 is 21.7 Å². The van der Waals surface area contributed by atoms with Gasteiger partial charge in [0.2, 0.25) is 0 Å². The minimum absolute atomic E-state index is 0. The van der Waals surface area contributed by atoms with Crippen molar-refractivity contribution in [1.29, 1.82) is 0 Å². The van der Waals surface area contributed by atoms with Crippen LogP contribution in [0.15, 0.2) is 0 Å². The summed E-state index contributed by atoms with van der Waals surface area (Å²) >= 11 is 0. The van der Waals surface area contributed by atoms with Crippen molar-refractivity contribution in [3.05, 3.63) is 5.73 Å². The molecule has 0 heterocycles. The molecule has 0 amide bonds. The maximum absolute atomic E-state index is 10.9. The SMILES string of the molecule is CCCCC([NH-])C1C(N)CC(C(=O)O)C1O.[Ac]. The second-order valence-corrected chi connectivity index (χ2v) is 4.66. The summed E-state index contributed by atoms with van der Waals surface area (Å²) in [5.74, 6) is -2.20. The van der Waals surface area contributed by atoms with E-state index in [9.17, 15) is 9.90 Å². The molecule has 5 atom stereocenters. The molecule has 0 saturated heterocycles. The molecule has 0 bridgehead atoms.